The van der Waals surface area contributed by atoms with Gasteiger partial charge < -0.3 is 15.5 Å². The van der Waals surface area contributed by atoms with Crippen LogP contribution in [-0.2, 0) is 20.8 Å². The number of aryl methyl sites for hydroxylation is 1. The lowest BCUT2D eigenvalue weighted by atomic mass is 9.94. The highest BCUT2D eigenvalue weighted by atomic mass is 16.2. The minimum absolute atomic E-state index is 0.0319. The summed E-state index contributed by atoms with van der Waals surface area (Å²) in [4.78, 5) is 38.7. The maximum atomic E-state index is 12.7. The van der Waals surface area contributed by atoms with E-state index in [1.54, 1.807) is 18.2 Å². The molecule has 6 nitrogen and oxygen atoms in total. The summed E-state index contributed by atoms with van der Waals surface area (Å²) in [5.41, 5.74) is 3.59. The number of carbonyl (C=O) groups excluding carboxylic acids is 3. The summed E-state index contributed by atoms with van der Waals surface area (Å²) in [6, 6.07) is 15.3. The Kier molecular flexibility index (Phi) is 6.87. The fourth-order valence-electron chi connectivity index (χ4n) is 3.65. The van der Waals surface area contributed by atoms with Crippen molar-refractivity contribution in [3.63, 3.8) is 0 Å². The van der Waals surface area contributed by atoms with E-state index in [9.17, 15) is 14.4 Å². The monoisotopic (exact) mass is 407 g/mol. The molecule has 0 fully saturated rings. The van der Waals surface area contributed by atoms with Crippen LogP contribution in [-0.4, -0.2) is 24.3 Å². The molecule has 1 unspecified atom stereocenters. The van der Waals surface area contributed by atoms with Crippen LogP contribution >= 0.6 is 0 Å². The molecule has 0 radical (unpaired) electrons. The molecule has 30 heavy (non-hydrogen) atoms. The van der Waals surface area contributed by atoms with Gasteiger partial charge in [0.05, 0.1) is 17.4 Å². The third kappa shape index (κ3) is 5.06. The van der Waals surface area contributed by atoms with Gasteiger partial charge in [-0.05, 0) is 35.6 Å². The van der Waals surface area contributed by atoms with Crippen LogP contribution in [0.4, 0.5) is 11.4 Å². The van der Waals surface area contributed by atoms with Gasteiger partial charge in [0.2, 0.25) is 17.7 Å². The summed E-state index contributed by atoms with van der Waals surface area (Å²) in [6.45, 7) is 6.20. The fourth-order valence-corrected chi connectivity index (χ4v) is 3.65. The summed E-state index contributed by atoms with van der Waals surface area (Å²) in [5.74, 6) is -0.422. The molecule has 2 aromatic rings. The van der Waals surface area contributed by atoms with E-state index in [1.807, 2.05) is 6.07 Å². The highest BCUT2D eigenvalue weighted by Crippen LogP contribution is 2.29. The molecule has 3 amide bonds. The third-order valence-corrected chi connectivity index (χ3v) is 5.37. The summed E-state index contributed by atoms with van der Waals surface area (Å²) in [6.07, 6.45) is 1.10. The Balaban J connectivity index is 1.61. The number of rotatable bonds is 7. The lowest BCUT2D eigenvalue weighted by Crippen LogP contribution is -2.42. The van der Waals surface area contributed by atoms with Crippen molar-refractivity contribution >= 4 is 29.1 Å². The highest BCUT2D eigenvalue weighted by Gasteiger charge is 2.27. The second kappa shape index (κ2) is 9.57. The van der Waals surface area contributed by atoms with Gasteiger partial charge in [0.1, 0.15) is 6.54 Å². The van der Waals surface area contributed by atoms with Crippen LogP contribution in [0, 0.1) is 5.92 Å². The molecule has 1 atom stereocenters. The van der Waals surface area contributed by atoms with Gasteiger partial charge >= 0.3 is 0 Å². The maximum absolute atomic E-state index is 12.7. The molecule has 0 aromatic heterocycles. The molecule has 0 aliphatic carbocycles. The van der Waals surface area contributed by atoms with Crippen molar-refractivity contribution < 1.29 is 14.4 Å². The van der Waals surface area contributed by atoms with Crippen LogP contribution in [0.25, 0.3) is 0 Å². The Labute approximate surface area is 177 Å². The standard InChI is InChI=1S/C24H29N3O3/c1-4-17-9-11-18(12-10-17)24(16(2)3)26-21(28)13-14-23(30)27-15-22(29)25-19-7-5-6-8-20(19)27/h5-12,16,24H,4,13-15H2,1-3H3,(H,25,29)(H,26,28). The average Bonchev–Trinajstić information content (AvgIpc) is 2.75. The van der Waals surface area contributed by atoms with E-state index in [4.69, 9.17) is 0 Å². The highest BCUT2D eigenvalue weighted by molar-refractivity contribution is 6.10. The zero-order chi connectivity index (χ0) is 21.7. The molecule has 0 bridgehead atoms. The molecule has 3 rings (SSSR count). The van der Waals surface area contributed by atoms with E-state index in [-0.39, 0.29) is 49.1 Å². The first-order chi connectivity index (χ1) is 14.4. The van der Waals surface area contributed by atoms with Gasteiger partial charge in [0.25, 0.3) is 0 Å². The fraction of sp³-hybridized carbons (Fsp3) is 0.375. The van der Waals surface area contributed by atoms with E-state index >= 15 is 0 Å². The number of amides is 3. The summed E-state index contributed by atoms with van der Waals surface area (Å²) >= 11 is 0. The predicted octanol–water partition coefficient (Wildman–Crippen LogP) is 3.83. The molecule has 1 aliphatic rings. The predicted molar refractivity (Wildman–Crippen MR) is 118 cm³/mol. The van der Waals surface area contributed by atoms with E-state index in [0.29, 0.717) is 11.4 Å². The Morgan fingerprint density at radius 1 is 1.07 bits per heavy atom. The van der Waals surface area contributed by atoms with Crippen LogP contribution < -0.4 is 15.5 Å². The summed E-state index contributed by atoms with van der Waals surface area (Å²) < 4.78 is 0. The minimum Gasteiger partial charge on any atom is -0.349 e. The maximum Gasteiger partial charge on any atom is 0.244 e. The van der Waals surface area contributed by atoms with Gasteiger partial charge in [-0.1, -0.05) is 57.2 Å². The van der Waals surface area contributed by atoms with E-state index in [1.165, 1.54) is 10.5 Å². The van der Waals surface area contributed by atoms with Gasteiger partial charge in [-0.25, -0.2) is 0 Å². The van der Waals surface area contributed by atoms with Crippen molar-refractivity contribution in [3.05, 3.63) is 59.7 Å². The quantitative estimate of drug-likeness (QED) is 0.732. The van der Waals surface area contributed by atoms with Crippen molar-refractivity contribution in [2.75, 3.05) is 16.8 Å². The van der Waals surface area contributed by atoms with Gasteiger partial charge in [-0.15, -0.1) is 0 Å². The number of nitrogens with one attached hydrogen (secondary N) is 2. The second-order valence-electron chi connectivity index (χ2n) is 7.93. The van der Waals surface area contributed by atoms with E-state index in [2.05, 4.69) is 55.7 Å². The number of anilines is 2. The number of carbonyl (C=O) groups is 3. The molecule has 1 aliphatic heterocycles. The lowest BCUT2D eigenvalue weighted by Gasteiger charge is -2.29. The average molecular weight is 408 g/mol. The molecule has 1 heterocycles. The third-order valence-electron chi connectivity index (χ3n) is 5.37. The van der Waals surface area contributed by atoms with Crippen LogP contribution in [0.15, 0.2) is 48.5 Å². The van der Waals surface area contributed by atoms with Crippen LogP contribution in [0.3, 0.4) is 0 Å². The molecule has 6 heteroatoms. The lowest BCUT2D eigenvalue weighted by molar-refractivity contribution is -0.126. The number of hydrogen-bond acceptors (Lipinski definition) is 3. The number of hydrogen-bond donors (Lipinski definition) is 2. The van der Waals surface area contributed by atoms with Gasteiger partial charge in [0, 0.05) is 12.8 Å². The zero-order valence-corrected chi connectivity index (χ0v) is 17.8. The second-order valence-corrected chi connectivity index (χ2v) is 7.93. The smallest absolute Gasteiger partial charge is 0.244 e. The van der Waals surface area contributed by atoms with Crippen molar-refractivity contribution in [3.8, 4) is 0 Å². The first-order valence-corrected chi connectivity index (χ1v) is 10.5. The van der Waals surface area contributed by atoms with Crippen molar-refractivity contribution in [1.82, 2.24) is 5.32 Å². The Bertz CT molecular complexity index is 922. The molecule has 0 saturated heterocycles. The van der Waals surface area contributed by atoms with Crippen molar-refractivity contribution in [1.29, 1.82) is 0 Å². The molecule has 2 N–H and O–H groups in total. The Hall–Kier alpha value is -3.15. The minimum atomic E-state index is -0.235. The van der Waals surface area contributed by atoms with Crippen molar-refractivity contribution in [2.24, 2.45) is 5.92 Å². The summed E-state index contributed by atoms with van der Waals surface area (Å²) in [5, 5.41) is 5.83. The summed E-state index contributed by atoms with van der Waals surface area (Å²) in [7, 11) is 0. The largest absolute Gasteiger partial charge is 0.349 e. The molecule has 158 valence electrons. The molecule has 0 saturated carbocycles. The first kappa shape index (κ1) is 21.6. The normalized spacial score (nSPS) is 14.1. The van der Waals surface area contributed by atoms with Crippen LogP contribution in [0.1, 0.15) is 50.8 Å². The van der Waals surface area contributed by atoms with E-state index < -0.39 is 0 Å². The topological polar surface area (TPSA) is 78.5 Å². The number of fused-ring (bicyclic) bond motifs is 1. The molecule has 2 aromatic carbocycles. The number of benzene rings is 2. The van der Waals surface area contributed by atoms with Crippen molar-refractivity contribution in [2.45, 2.75) is 46.1 Å². The van der Waals surface area contributed by atoms with Gasteiger partial charge in [-0.3, -0.25) is 14.4 Å². The van der Waals surface area contributed by atoms with Gasteiger partial charge in [-0.2, -0.15) is 0 Å². The molecule has 0 spiro atoms. The molecular weight excluding hydrogens is 378 g/mol. The number of para-hydroxylation sites is 2. The van der Waals surface area contributed by atoms with Gasteiger partial charge in [0.15, 0.2) is 0 Å². The molecular formula is C24H29N3O3. The SMILES string of the molecule is CCc1ccc(C(NC(=O)CCC(=O)N2CC(=O)Nc3ccccc32)C(C)C)cc1. The van der Waals surface area contributed by atoms with Crippen LogP contribution in [0.2, 0.25) is 0 Å². The van der Waals surface area contributed by atoms with Crippen LogP contribution in [0.5, 0.6) is 0 Å². The zero-order valence-electron chi connectivity index (χ0n) is 17.8. The first-order valence-electron chi connectivity index (χ1n) is 10.5. The number of nitrogens with zero attached hydrogens (tertiary/aromatic N) is 1. The Morgan fingerprint density at radius 2 is 1.77 bits per heavy atom. The van der Waals surface area contributed by atoms with E-state index in [0.717, 1.165) is 12.0 Å². The Morgan fingerprint density at radius 3 is 2.43 bits per heavy atom.